The van der Waals surface area contributed by atoms with E-state index in [-0.39, 0.29) is 5.91 Å². The molecule has 0 atom stereocenters. The third-order valence-electron chi connectivity index (χ3n) is 7.79. The smallest absolute Gasteiger partial charge is 0.254 e. The maximum Gasteiger partial charge on any atom is 0.254 e. The molecule has 2 fully saturated rings. The van der Waals surface area contributed by atoms with Gasteiger partial charge in [-0.1, -0.05) is 49.6 Å². The molecule has 7 nitrogen and oxygen atoms in total. The zero-order valence-corrected chi connectivity index (χ0v) is 21.1. The molecule has 6 rings (SSSR count). The highest BCUT2D eigenvalue weighted by molar-refractivity contribution is 5.95. The minimum atomic E-state index is -0.395. The Balaban J connectivity index is 1.18. The molecule has 1 saturated heterocycles. The van der Waals surface area contributed by atoms with Gasteiger partial charge in [-0.2, -0.15) is 9.50 Å². The van der Waals surface area contributed by atoms with Crippen LogP contribution in [0.3, 0.4) is 0 Å². The molecule has 0 unspecified atom stereocenters. The number of nitrogens with zero attached hydrogens (tertiary/aromatic N) is 6. The third-order valence-corrected chi connectivity index (χ3v) is 7.79. The lowest BCUT2D eigenvalue weighted by atomic mass is 9.84. The Morgan fingerprint density at radius 3 is 2.46 bits per heavy atom. The van der Waals surface area contributed by atoms with Crippen molar-refractivity contribution in [1.82, 2.24) is 24.5 Å². The van der Waals surface area contributed by atoms with Gasteiger partial charge in [-0.15, -0.1) is 5.10 Å². The van der Waals surface area contributed by atoms with E-state index in [1.807, 2.05) is 13.0 Å². The number of piperazine rings is 1. The van der Waals surface area contributed by atoms with E-state index >= 15 is 0 Å². The van der Waals surface area contributed by atoms with Crippen molar-refractivity contribution in [2.45, 2.75) is 44.9 Å². The van der Waals surface area contributed by atoms with Crippen LogP contribution in [-0.4, -0.2) is 56.6 Å². The summed E-state index contributed by atoms with van der Waals surface area (Å²) in [5, 5.41) is 4.79. The first-order valence-electron chi connectivity index (χ1n) is 13.2. The number of carbonyl (C=O) groups is 1. The zero-order chi connectivity index (χ0) is 25.4. The highest BCUT2D eigenvalue weighted by Gasteiger charge is 2.26. The van der Waals surface area contributed by atoms with Gasteiger partial charge < -0.3 is 9.80 Å². The summed E-state index contributed by atoms with van der Waals surface area (Å²) < 4.78 is 15.5. The summed E-state index contributed by atoms with van der Waals surface area (Å²) in [6.07, 6.45) is 8.35. The number of hydrogen-bond acceptors (Lipinski definition) is 5. The SMILES string of the molecule is Cc1ccc(F)cc1C(=O)N1CCN(c2nc3nccc(-c4ccc(C5CCCCC5)cc4)n3n2)CC1. The number of carbonyl (C=O) groups excluding carboxylic acids is 1. The van der Waals surface area contributed by atoms with Gasteiger partial charge in [0.15, 0.2) is 0 Å². The average molecular weight is 499 g/mol. The van der Waals surface area contributed by atoms with Gasteiger partial charge in [0, 0.05) is 43.5 Å². The second kappa shape index (κ2) is 9.92. The Kier molecular flexibility index (Phi) is 6.32. The number of amides is 1. The van der Waals surface area contributed by atoms with Gasteiger partial charge in [-0.25, -0.2) is 9.37 Å². The third kappa shape index (κ3) is 4.68. The lowest BCUT2D eigenvalue weighted by Gasteiger charge is -2.34. The molecule has 8 heteroatoms. The van der Waals surface area contributed by atoms with Crippen molar-refractivity contribution in [2.75, 3.05) is 31.1 Å². The first-order valence-corrected chi connectivity index (χ1v) is 13.2. The fraction of sp³-hybridized carbons (Fsp3) is 0.379. The van der Waals surface area contributed by atoms with Crippen molar-refractivity contribution >= 4 is 17.6 Å². The van der Waals surface area contributed by atoms with Crippen LogP contribution < -0.4 is 4.90 Å². The fourth-order valence-electron chi connectivity index (χ4n) is 5.60. The van der Waals surface area contributed by atoms with Crippen molar-refractivity contribution in [3.63, 3.8) is 0 Å². The summed E-state index contributed by atoms with van der Waals surface area (Å²) >= 11 is 0. The molecular formula is C29H31FN6O. The van der Waals surface area contributed by atoms with Crippen LogP contribution >= 0.6 is 0 Å². The summed E-state index contributed by atoms with van der Waals surface area (Å²) in [6.45, 7) is 4.07. The van der Waals surface area contributed by atoms with E-state index in [1.54, 1.807) is 21.7 Å². The number of hydrogen-bond donors (Lipinski definition) is 0. The molecule has 1 aliphatic carbocycles. The zero-order valence-electron chi connectivity index (χ0n) is 21.1. The number of halogens is 1. The second-order valence-electron chi connectivity index (χ2n) is 10.1. The molecular weight excluding hydrogens is 467 g/mol. The van der Waals surface area contributed by atoms with Gasteiger partial charge in [-0.3, -0.25) is 4.79 Å². The largest absolute Gasteiger partial charge is 0.336 e. The predicted octanol–water partition coefficient (Wildman–Crippen LogP) is 5.25. The van der Waals surface area contributed by atoms with Crippen LogP contribution in [0.25, 0.3) is 17.0 Å². The predicted molar refractivity (Wildman–Crippen MR) is 141 cm³/mol. The second-order valence-corrected chi connectivity index (χ2v) is 10.1. The summed E-state index contributed by atoms with van der Waals surface area (Å²) in [4.78, 5) is 25.9. The molecule has 0 radical (unpaired) electrons. The van der Waals surface area contributed by atoms with Crippen LogP contribution in [-0.2, 0) is 0 Å². The van der Waals surface area contributed by atoms with Crippen molar-refractivity contribution in [1.29, 1.82) is 0 Å². The Bertz CT molecular complexity index is 1420. The van der Waals surface area contributed by atoms with Gasteiger partial charge >= 0.3 is 0 Å². The Labute approximate surface area is 216 Å². The van der Waals surface area contributed by atoms with Crippen LogP contribution in [0.15, 0.2) is 54.7 Å². The molecule has 0 bridgehead atoms. The van der Waals surface area contributed by atoms with Gasteiger partial charge in [0.2, 0.25) is 5.95 Å². The molecule has 2 aliphatic rings. The molecule has 4 aromatic rings. The van der Waals surface area contributed by atoms with Crippen molar-refractivity contribution in [3.05, 3.63) is 77.2 Å². The molecule has 0 N–H and O–H groups in total. The molecule has 2 aromatic heterocycles. The van der Waals surface area contributed by atoms with E-state index in [2.05, 4.69) is 39.1 Å². The molecule has 0 spiro atoms. The minimum Gasteiger partial charge on any atom is -0.336 e. The van der Waals surface area contributed by atoms with E-state index in [0.29, 0.717) is 49.4 Å². The van der Waals surface area contributed by atoms with Gasteiger partial charge in [0.1, 0.15) is 5.82 Å². The first kappa shape index (κ1) is 23.6. The summed E-state index contributed by atoms with van der Waals surface area (Å²) in [5.41, 5.74) is 4.66. The maximum atomic E-state index is 13.7. The monoisotopic (exact) mass is 498 g/mol. The molecule has 190 valence electrons. The van der Waals surface area contributed by atoms with E-state index in [1.165, 1.54) is 49.8 Å². The Morgan fingerprint density at radius 2 is 1.70 bits per heavy atom. The lowest BCUT2D eigenvalue weighted by molar-refractivity contribution is 0.0745. The Hall–Kier alpha value is -3.81. The van der Waals surface area contributed by atoms with Gasteiger partial charge in [0.25, 0.3) is 11.7 Å². The quantitative estimate of drug-likeness (QED) is 0.385. The van der Waals surface area contributed by atoms with Crippen LogP contribution in [0.1, 0.15) is 59.5 Å². The summed E-state index contributed by atoms with van der Waals surface area (Å²) in [5.74, 6) is 1.30. The number of anilines is 1. The molecule has 1 amide bonds. The highest BCUT2D eigenvalue weighted by Crippen LogP contribution is 2.33. The molecule has 2 aromatic carbocycles. The van der Waals surface area contributed by atoms with E-state index in [4.69, 9.17) is 5.10 Å². The van der Waals surface area contributed by atoms with E-state index in [0.717, 1.165) is 16.8 Å². The van der Waals surface area contributed by atoms with Crippen LogP contribution in [0.5, 0.6) is 0 Å². The number of aryl methyl sites for hydroxylation is 1. The summed E-state index contributed by atoms with van der Waals surface area (Å²) in [7, 11) is 0. The first-order chi connectivity index (χ1) is 18.1. The Morgan fingerprint density at radius 1 is 0.946 bits per heavy atom. The van der Waals surface area contributed by atoms with Crippen LogP contribution in [0, 0.1) is 12.7 Å². The van der Waals surface area contributed by atoms with E-state index in [9.17, 15) is 9.18 Å². The van der Waals surface area contributed by atoms with Gasteiger partial charge in [0.05, 0.1) is 5.69 Å². The van der Waals surface area contributed by atoms with Crippen molar-refractivity contribution < 1.29 is 9.18 Å². The number of aromatic nitrogens is 4. The minimum absolute atomic E-state index is 0.139. The molecule has 1 saturated carbocycles. The summed E-state index contributed by atoms with van der Waals surface area (Å²) in [6, 6.07) is 15.2. The van der Waals surface area contributed by atoms with Crippen molar-refractivity contribution in [2.24, 2.45) is 0 Å². The average Bonchev–Trinajstić information content (AvgIpc) is 3.39. The fourth-order valence-corrected chi connectivity index (χ4v) is 5.60. The molecule has 3 heterocycles. The molecule has 1 aliphatic heterocycles. The maximum absolute atomic E-state index is 13.7. The number of fused-ring (bicyclic) bond motifs is 1. The number of benzene rings is 2. The van der Waals surface area contributed by atoms with E-state index < -0.39 is 5.82 Å². The normalized spacial score (nSPS) is 16.9. The standard InChI is InChI=1S/C29H31FN6O/c1-20-7-12-24(30)19-25(20)27(37)34-15-17-35(18-16-34)29-32-28-31-14-13-26(36(28)33-29)23-10-8-22(9-11-23)21-5-3-2-4-6-21/h7-14,19,21H,2-6,15-18H2,1H3. The lowest BCUT2D eigenvalue weighted by Crippen LogP contribution is -2.49. The van der Waals surface area contributed by atoms with Crippen molar-refractivity contribution in [3.8, 4) is 11.3 Å². The van der Waals surface area contributed by atoms with Crippen LogP contribution in [0.2, 0.25) is 0 Å². The topological polar surface area (TPSA) is 66.6 Å². The number of rotatable bonds is 4. The molecule has 37 heavy (non-hydrogen) atoms. The van der Waals surface area contributed by atoms with Gasteiger partial charge in [-0.05, 0) is 55.0 Å². The van der Waals surface area contributed by atoms with Crippen LogP contribution in [0.4, 0.5) is 10.3 Å². The highest BCUT2D eigenvalue weighted by atomic mass is 19.1.